The van der Waals surface area contributed by atoms with Gasteiger partial charge in [0.2, 0.25) is 0 Å². The van der Waals surface area contributed by atoms with E-state index in [-0.39, 0.29) is 0 Å². The first-order valence-corrected chi connectivity index (χ1v) is 6.66. The maximum Gasteiger partial charge on any atom is 0.326 e. The fourth-order valence-corrected chi connectivity index (χ4v) is 1.88. The van der Waals surface area contributed by atoms with Crippen molar-refractivity contribution in [2.75, 3.05) is 17.3 Å². The Kier molecular flexibility index (Phi) is 5.78. The molecule has 0 spiro atoms. The summed E-state index contributed by atoms with van der Waals surface area (Å²) in [7, 11) is 0. The molecule has 1 atom stereocenters. The summed E-state index contributed by atoms with van der Waals surface area (Å²) >= 11 is 1.74. The minimum Gasteiger partial charge on any atom is -0.480 e. The Labute approximate surface area is 100 Å². The Bertz CT molecular complexity index is 316. The van der Waals surface area contributed by atoms with Gasteiger partial charge in [-0.2, -0.15) is 11.8 Å². The molecule has 0 aliphatic rings. The van der Waals surface area contributed by atoms with E-state index in [1.165, 1.54) is 0 Å². The minimum atomic E-state index is -0.787. The predicted molar refractivity (Wildman–Crippen MR) is 69.1 cm³/mol. The molecule has 0 saturated heterocycles. The molecule has 88 valence electrons. The Morgan fingerprint density at radius 2 is 2.12 bits per heavy atom. The van der Waals surface area contributed by atoms with Gasteiger partial charge >= 0.3 is 5.97 Å². The largest absolute Gasteiger partial charge is 0.480 e. The van der Waals surface area contributed by atoms with Gasteiger partial charge in [0, 0.05) is 5.69 Å². The molecule has 0 fully saturated rings. The number of para-hydroxylation sites is 1. The van der Waals surface area contributed by atoms with Gasteiger partial charge in [-0.05, 0) is 37.0 Å². The second-order valence-electron chi connectivity index (χ2n) is 3.54. The molecule has 0 aliphatic carbocycles. The Hall–Kier alpha value is -1.16. The van der Waals surface area contributed by atoms with Crippen LogP contribution < -0.4 is 5.32 Å². The summed E-state index contributed by atoms with van der Waals surface area (Å²) in [5.41, 5.74) is 0.860. The summed E-state index contributed by atoms with van der Waals surface area (Å²) in [6.45, 7) is 0. The Balaban J connectivity index is 2.48. The van der Waals surface area contributed by atoms with E-state index in [0.29, 0.717) is 6.42 Å². The number of hydrogen-bond donors (Lipinski definition) is 2. The van der Waals surface area contributed by atoms with Crippen molar-refractivity contribution in [3.63, 3.8) is 0 Å². The summed E-state index contributed by atoms with van der Waals surface area (Å²) in [6, 6.07) is 8.96. The summed E-state index contributed by atoms with van der Waals surface area (Å²) in [6.07, 6.45) is 3.60. The van der Waals surface area contributed by atoms with Gasteiger partial charge in [-0.1, -0.05) is 18.2 Å². The fourth-order valence-electron chi connectivity index (χ4n) is 1.42. The highest BCUT2D eigenvalue weighted by Gasteiger charge is 2.15. The van der Waals surface area contributed by atoms with Gasteiger partial charge in [0.25, 0.3) is 0 Å². The molecule has 0 heterocycles. The molecule has 3 nitrogen and oxygen atoms in total. The van der Waals surface area contributed by atoms with Crippen LogP contribution in [0.2, 0.25) is 0 Å². The lowest BCUT2D eigenvalue weighted by Gasteiger charge is -2.15. The van der Waals surface area contributed by atoms with Crippen molar-refractivity contribution < 1.29 is 9.90 Å². The summed E-state index contributed by atoms with van der Waals surface area (Å²) in [5, 5.41) is 12.1. The normalized spacial score (nSPS) is 12.1. The number of nitrogens with one attached hydrogen (secondary N) is 1. The van der Waals surface area contributed by atoms with Crippen molar-refractivity contribution in [1.82, 2.24) is 0 Å². The van der Waals surface area contributed by atoms with Crippen LogP contribution in [0, 0.1) is 0 Å². The van der Waals surface area contributed by atoms with Gasteiger partial charge in [0.15, 0.2) is 0 Å². The van der Waals surface area contributed by atoms with Crippen LogP contribution in [0.1, 0.15) is 12.8 Å². The molecule has 4 heteroatoms. The predicted octanol–water partition coefficient (Wildman–Crippen LogP) is 2.69. The Morgan fingerprint density at radius 1 is 1.44 bits per heavy atom. The summed E-state index contributed by atoms with van der Waals surface area (Å²) in [4.78, 5) is 11.0. The summed E-state index contributed by atoms with van der Waals surface area (Å²) < 4.78 is 0. The molecule has 0 aromatic heterocycles. The lowest BCUT2D eigenvalue weighted by molar-refractivity contribution is -0.138. The smallest absolute Gasteiger partial charge is 0.326 e. The van der Waals surface area contributed by atoms with Crippen LogP contribution in [0.3, 0.4) is 0 Å². The van der Waals surface area contributed by atoms with Crippen LogP contribution in [0.15, 0.2) is 30.3 Å². The first-order chi connectivity index (χ1) is 7.74. The molecule has 0 radical (unpaired) electrons. The molecule has 2 N–H and O–H groups in total. The number of carboxylic acids is 1. The van der Waals surface area contributed by atoms with Crippen LogP contribution >= 0.6 is 11.8 Å². The molecule has 1 rings (SSSR count). The van der Waals surface area contributed by atoms with E-state index in [1.807, 2.05) is 36.6 Å². The van der Waals surface area contributed by atoms with Gasteiger partial charge in [-0.15, -0.1) is 0 Å². The second-order valence-corrected chi connectivity index (χ2v) is 4.52. The molecular formula is C12H17NO2S. The van der Waals surface area contributed by atoms with E-state index in [9.17, 15) is 4.79 Å². The summed E-state index contributed by atoms with van der Waals surface area (Å²) in [5.74, 6) is 0.213. The van der Waals surface area contributed by atoms with E-state index >= 15 is 0 Å². The van der Waals surface area contributed by atoms with Crippen molar-refractivity contribution in [3.8, 4) is 0 Å². The maximum absolute atomic E-state index is 11.0. The molecule has 1 unspecified atom stereocenters. The van der Waals surface area contributed by atoms with Crippen LogP contribution in [0.5, 0.6) is 0 Å². The average molecular weight is 239 g/mol. The SMILES string of the molecule is CSCCCC(Nc1ccccc1)C(=O)O. The van der Waals surface area contributed by atoms with Gasteiger partial charge < -0.3 is 10.4 Å². The van der Waals surface area contributed by atoms with E-state index in [2.05, 4.69) is 5.32 Å². The first-order valence-electron chi connectivity index (χ1n) is 5.27. The number of carboxylic acid groups (broad SMARTS) is 1. The highest BCUT2D eigenvalue weighted by molar-refractivity contribution is 7.98. The van der Waals surface area contributed by atoms with Gasteiger partial charge in [-0.3, -0.25) is 0 Å². The molecule has 0 aliphatic heterocycles. The van der Waals surface area contributed by atoms with E-state index in [0.717, 1.165) is 17.9 Å². The number of anilines is 1. The van der Waals surface area contributed by atoms with Gasteiger partial charge in [0.05, 0.1) is 0 Å². The Morgan fingerprint density at radius 3 is 2.69 bits per heavy atom. The highest BCUT2D eigenvalue weighted by atomic mass is 32.2. The number of hydrogen-bond acceptors (Lipinski definition) is 3. The third kappa shape index (κ3) is 4.57. The first kappa shape index (κ1) is 12.9. The van der Waals surface area contributed by atoms with Crippen molar-refractivity contribution in [3.05, 3.63) is 30.3 Å². The second kappa shape index (κ2) is 7.17. The molecule has 1 aromatic carbocycles. The number of aliphatic carboxylic acids is 1. The number of thioether (sulfide) groups is 1. The minimum absolute atomic E-state index is 0.491. The number of benzene rings is 1. The highest BCUT2D eigenvalue weighted by Crippen LogP contribution is 2.11. The average Bonchev–Trinajstić information content (AvgIpc) is 2.29. The number of rotatable bonds is 7. The van der Waals surface area contributed by atoms with Crippen LogP contribution in [-0.4, -0.2) is 29.1 Å². The van der Waals surface area contributed by atoms with Crippen molar-refractivity contribution in [2.45, 2.75) is 18.9 Å². The van der Waals surface area contributed by atoms with Crippen molar-refractivity contribution in [2.24, 2.45) is 0 Å². The quantitative estimate of drug-likeness (QED) is 0.718. The van der Waals surface area contributed by atoms with Gasteiger partial charge in [0.1, 0.15) is 6.04 Å². The van der Waals surface area contributed by atoms with E-state index in [4.69, 9.17) is 5.11 Å². The molecule has 1 aromatic rings. The third-order valence-corrected chi connectivity index (χ3v) is 2.95. The molecule has 0 amide bonds. The molecule has 0 saturated carbocycles. The molecule has 16 heavy (non-hydrogen) atoms. The van der Waals surface area contributed by atoms with E-state index in [1.54, 1.807) is 11.8 Å². The van der Waals surface area contributed by atoms with Crippen LogP contribution in [-0.2, 0) is 4.79 Å². The van der Waals surface area contributed by atoms with E-state index < -0.39 is 12.0 Å². The zero-order chi connectivity index (χ0) is 11.8. The monoisotopic (exact) mass is 239 g/mol. The van der Waals surface area contributed by atoms with Crippen molar-refractivity contribution in [1.29, 1.82) is 0 Å². The zero-order valence-corrected chi connectivity index (χ0v) is 10.2. The zero-order valence-electron chi connectivity index (χ0n) is 9.35. The maximum atomic E-state index is 11.0. The van der Waals surface area contributed by atoms with Crippen LogP contribution in [0.4, 0.5) is 5.69 Å². The van der Waals surface area contributed by atoms with Crippen molar-refractivity contribution >= 4 is 23.4 Å². The number of carbonyl (C=O) groups is 1. The van der Waals surface area contributed by atoms with Gasteiger partial charge in [-0.25, -0.2) is 4.79 Å². The fraction of sp³-hybridized carbons (Fsp3) is 0.417. The molecule has 0 bridgehead atoms. The third-order valence-electron chi connectivity index (χ3n) is 2.25. The lowest BCUT2D eigenvalue weighted by atomic mass is 10.1. The standard InChI is InChI=1S/C12H17NO2S/c1-16-9-5-8-11(12(14)15)13-10-6-3-2-4-7-10/h2-4,6-7,11,13H,5,8-9H2,1H3,(H,14,15). The topological polar surface area (TPSA) is 49.3 Å². The lowest BCUT2D eigenvalue weighted by Crippen LogP contribution is -2.29. The molecular weight excluding hydrogens is 222 g/mol. The van der Waals surface area contributed by atoms with Crippen LogP contribution in [0.25, 0.3) is 0 Å².